The highest BCUT2D eigenvalue weighted by Crippen LogP contribution is 2.18. The highest BCUT2D eigenvalue weighted by molar-refractivity contribution is 14.1. The van der Waals surface area contributed by atoms with E-state index in [1.165, 1.54) is 0 Å². The first-order chi connectivity index (χ1) is 6.72. The second kappa shape index (κ2) is 6.37. The maximum atomic E-state index is 11.2. The minimum Gasteiger partial charge on any atom is -0.462 e. The van der Waals surface area contributed by atoms with Gasteiger partial charge in [0.1, 0.15) is 11.9 Å². The summed E-state index contributed by atoms with van der Waals surface area (Å²) in [6, 6.07) is 0. The predicted octanol–water partition coefficient (Wildman–Crippen LogP) is 2.26. The third-order valence-corrected chi connectivity index (χ3v) is 3.07. The van der Waals surface area contributed by atoms with Gasteiger partial charge in [-0.15, -0.1) is 0 Å². The van der Waals surface area contributed by atoms with Gasteiger partial charge < -0.3 is 4.74 Å². The number of ketones is 1. The van der Waals surface area contributed by atoms with E-state index in [0.717, 1.165) is 23.7 Å². The van der Waals surface area contributed by atoms with Crippen molar-refractivity contribution in [3.63, 3.8) is 0 Å². The van der Waals surface area contributed by atoms with Crippen molar-refractivity contribution in [2.75, 3.05) is 4.43 Å². The molecule has 0 atom stereocenters. The second-order valence-corrected chi connectivity index (χ2v) is 4.60. The van der Waals surface area contributed by atoms with Crippen molar-refractivity contribution in [3.05, 3.63) is 0 Å². The van der Waals surface area contributed by atoms with Gasteiger partial charge in [0.25, 0.3) is 0 Å². The van der Waals surface area contributed by atoms with E-state index in [9.17, 15) is 9.59 Å². The number of carbonyl (C=O) groups excluding carboxylic acids is 2. The molecule has 0 aliphatic heterocycles. The fraction of sp³-hybridized carbons (Fsp3) is 0.800. The van der Waals surface area contributed by atoms with Gasteiger partial charge in [0.15, 0.2) is 0 Å². The lowest BCUT2D eigenvalue weighted by Crippen LogP contribution is -2.24. The predicted molar refractivity (Wildman–Crippen MR) is 61.5 cm³/mol. The van der Waals surface area contributed by atoms with Crippen LogP contribution in [-0.4, -0.2) is 22.3 Å². The number of alkyl halides is 1. The maximum absolute atomic E-state index is 11.2. The lowest BCUT2D eigenvalue weighted by molar-refractivity contribution is -0.151. The molecule has 1 saturated carbocycles. The van der Waals surface area contributed by atoms with Gasteiger partial charge in [-0.1, -0.05) is 22.6 Å². The van der Waals surface area contributed by atoms with Crippen LogP contribution < -0.4 is 0 Å². The standard InChI is InChI=1S/C10H15IO3/c11-7-1-2-10(13)14-9-5-3-8(12)4-6-9/h9H,1-7H2. The third-order valence-electron chi connectivity index (χ3n) is 2.30. The topological polar surface area (TPSA) is 43.4 Å². The Morgan fingerprint density at radius 3 is 2.64 bits per heavy atom. The minimum atomic E-state index is -0.110. The normalized spacial score (nSPS) is 18.2. The van der Waals surface area contributed by atoms with Crippen LogP contribution in [0.15, 0.2) is 0 Å². The van der Waals surface area contributed by atoms with Crippen molar-refractivity contribution in [2.24, 2.45) is 0 Å². The molecule has 0 spiro atoms. The summed E-state index contributed by atoms with van der Waals surface area (Å²) >= 11 is 2.24. The van der Waals surface area contributed by atoms with E-state index in [1.54, 1.807) is 0 Å². The number of hydrogen-bond acceptors (Lipinski definition) is 3. The van der Waals surface area contributed by atoms with Crippen LogP contribution in [0.25, 0.3) is 0 Å². The molecular formula is C10H15IO3. The smallest absolute Gasteiger partial charge is 0.306 e. The number of rotatable bonds is 4. The van der Waals surface area contributed by atoms with Crippen molar-refractivity contribution in [2.45, 2.75) is 44.6 Å². The zero-order valence-electron chi connectivity index (χ0n) is 8.13. The highest BCUT2D eigenvalue weighted by Gasteiger charge is 2.21. The van der Waals surface area contributed by atoms with E-state index in [4.69, 9.17) is 4.74 Å². The summed E-state index contributed by atoms with van der Waals surface area (Å²) in [7, 11) is 0. The van der Waals surface area contributed by atoms with E-state index in [0.29, 0.717) is 25.0 Å². The molecule has 1 rings (SSSR count). The molecule has 80 valence electrons. The summed E-state index contributed by atoms with van der Waals surface area (Å²) in [6.07, 6.45) is 3.96. The lowest BCUT2D eigenvalue weighted by atomic mass is 9.96. The molecule has 0 aromatic heterocycles. The van der Waals surface area contributed by atoms with Gasteiger partial charge in [-0.25, -0.2) is 0 Å². The van der Waals surface area contributed by atoms with Crippen LogP contribution in [0.3, 0.4) is 0 Å². The van der Waals surface area contributed by atoms with Gasteiger partial charge >= 0.3 is 5.97 Å². The number of Topliss-reactive ketones (excluding diaryl/α,β-unsaturated/α-hetero) is 1. The Bertz CT molecular complexity index is 205. The molecule has 0 aromatic rings. The van der Waals surface area contributed by atoms with Crippen LogP contribution in [-0.2, 0) is 14.3 Å². The summed E-state index contributed by atoms with van der Waals surface area (Å²) in [5.74, 6) is 0.186. The van der Waals surface area contributed by atoms with E-state index in [-0.39, 0.29) is 12.1 Å². The number of hydrogen-bond donors (Lipinski definition) is 0. The highest BCUT2D eigenvalue weighted by atomic mass is 127. The molecule has 0 radical (unpaired) electrons. The molecule has 1 fully saturated rings. The zero-order chi connectivity index (χ0) is 10.4. The monoisotopic (exact) mass is 310 g/mol. The molecule has 4 heteroatoms. The zero-order valence-corrected chi connectivity index (χ0v) is 10.3. The average molecular weight is 310 g/mol. The fourth-order valence-electron chi connectivity index (χ4n) is 1.49. The van der Waals surface area contributed by atoms with Crippen molar-refractivity contribution in [3.8, 4) is 0 Å². The van der Waals surface area contributed by atoms with Crippen molar-refractivity contribution in [1.82, 2.24) is 0 Å². The van der Waals surface area contributed by atoms with E-state index < -0.39 is 0 Å². The van der Waals surface area contributed by atoms with Gasteiger partial charge in [-0.3, -0.25) is 9.59 Å². The summed E-state index contributed by atoms with van der Waals surface area (Å²) in [4.78, 5) is 22.2. The second-order valence-electron chi connectivity index (χ2n) is 3.52. The number of halogens is 1. The minimum absolute atomic E-state index is 0.00517. The van der Waals surface area contributed by atoms with Gasteiger partial charge in [0.2, 0.25) is 0 Å². The average Bonchev–Trinajstić information content (AvgIpc) is 2.18. The third kappa shape index (κ3) is 4.39. The Hall–Kier alpha value is -0.130. The van der Waals surface area contributed by atoms with Crippen molar-refractivity contribution < 1.29 is 14.3 Å². The Kier molecular flexibility index (Phi) is 5.44. The molecule has 0 aromatic carbocycles. The first-order valence-corrected chi connectivity index (χ1v) is 6.52. The molecule has 14 heavy (non-hydrogen) atoms. The van der Waals surface area contributed by atoms with Crippen LogP contribution in [0.1, 0.15) is 38.5 Å². The molecule has 1 aliphatic rings. The molecule has 0 amide bonds. The summed E-state index contributed by atoms with van der Waals surface area (Å²) in [5.41, 5.74) is 0. The fourth-order valence-corrected chi connectivity index (χ4v) is 1.87. The molecule has 0 saturated heterocycles. The molecule has 0 N–H and O–H groups in total. The number of ether oxygens (including phenoxy) is 1. The van der Waals surface area contributed by atoms with E-state index in [1.807, 2.05) is 0 Å². The quantitative estimate of drug-likeness (QED) is 0.454. The Labute approximate surface area is 97.7 Å². The summed E-state index contributed by atoms with van der Waals surface area (Å²) in [6.45, 7) is 0. The number of carbonyl (C=O) groups is 2. The molecule has 0 unspecified atom stereocenters. The molecule has 0 heterocycles. The van der Waals surface area contributed by atoms with E-state index >= 15 is 0 Å². The van der Waals surface area contributed by atoms with Gasteiger partial charge in [0.05, 0.1) is 0 Å². The molecular weight excluding hydrogens is 295 g/mol. The van der Waals surface area contributed by atoms with E-state index in [2.05, 4.69) is 22.6 Å². The Morgan fingerprint density at radius 2 is 2.07 bits per heavy atom. The van der Waals surface area contributed by atoms with Gasteiger partial charge in [-0.2, -0.15) is 0 Å². The Balaban J connectivity index is 2.17. The van der Waals surface area contributed by atoms with Gasteiger partial charge in [-0.05, 0) is 19.3 Å². The molecule has 1 aliphatic carbocycles. The number of esters is 1. The first kappa shape index (κ1) is 11.9. The van der Waals surface area contributed by atoms with Crippen LogP contribution in [0, 0.1) is 0 Å². The summed E-state index contributed by atoms with van der Waals surface area (Å²) in [5, 5.41) is 0. The van der Waals surface area contributed by atoms with Crippen LogP contribution in [0.5, 0.6) is 0 Å². The van der Waals surface area contributed by atoms with Crippen molar-refractivity contribution >= 4 is 34.3 Å². The molecule has 3 nitrogen and oxygen atoms in total. The SMILES string of the molecule is O=C1CCC(OC(=O)CCCI)CC1. The maximum Gasteiger partial charge on any atom is 0.306 e. The van der Waals surface area contributed by atoms with Crippen LogP contribution in [0.4, 0.5) is 0 Å². The largest absolute Gasteiger partial charge is 0.462 e. The van der Waals surface area contributed by atoms with Crippen LogP contribution in [0.2, 0.25) is 0 Å². The lowest BCUT2D eigenvalue weighted by Gasteiger charge is -2.21. The van der Waals surface area contributed by atoms with Gasteiger partial charge in [0, 0.05) is 23.7 Å². The Morgan fingerprint density at radius 1 is 1.43 bits per heavy atom. The first-order valence-electron chi connectivity index (χ1n) is 4.99. The molecule has 0 bridgehead atoms. The van der Waals surface area contributed by atoms with Crippen LogP contribution >= 0.6 is 22.6 Å². The van der Waals surface area contributed by atoms with Crippen molar-refractivity contribution in [1.29, 1.82) is 0 Å². The summed E-state index contributed by atoms with van der Waals surface area (Å²) < 4.78 is 6.23.